The van der Waals surface area contributed by atoms with Crippen molar-refractivity contribution in [3.63, 3.8) is 0 Å². The van der Waals surface area contributed by atoms with Gasteiger partial charge in [0.15, 0.2) is 0 Å². The molecule has 1 atom stereocenters. The highest BCUT2D eigenvalue weighted by atomic mass is 16.1. The summed E-state index contributed by atoms with van der Waals surface area (Å²) >= 11 is 0. The Labute approximate surface area is 113 Å². The molecule has 1 N–H and O–H groups in total. The van der Waals surface area contributed by atoms with Gasteiger partial charge < -0.3 is 5.32 Å². The van der Waals surface area contributed by atoms with Crippen LogP contribution in [0.1, 0.15) is 30.5 Å². The van der Waals surface area contributed by atoms with Crippen LogP contribution in [-0.2, 0) is 4.79 Å². The molecule has 3 nitrogen and oxygen atoms in total. The zero-order valence-electron chi connectivity index (χ0n) is 11.3. The van der Waals surface area contributed by atoms with Crippen LogP contribution in [0.4, 0.5) is 5.82 Å². The summed E-state index contributed by atoms with van der Waals surface area (Å²) in [7, 11) is 0. The first kappa shape index (κ1) is 13.3. The lowest BCUT2D eigenvalue weighted by Gasteiger charge is -2.11. The number of nitrogens with zero attached hydrogens (tertiary/aromatic N) is 1. The number of hydrogen-bond acceptors (Lipinski definition) is 2. The van der Waals surface area contributed by atoms with E-state index in [0.29, 0.717) is 12.2 Å². The van der Waals surface area contributed by atoms with E-state index in [0.717, 1.165) is 5.69 Å². The summed E-state index contributed by atoms with van der Waals surface area (Å²) in [5.74, 6) is 0.811. The zero-order valence-corrected chi connectivity index (χ0v) is 11.3. The van der Waals surface area contributed by atoms with Gasteiger partial charge >= 0.3 is 0 Å². The van der Waals surface area contributed by atoms with Gasteiger partial charge in [-0.25, -0.2) is 4.98 Å². The number of hydrogen-bond donors (Lipinski definition) is 1. The van der Waals surface area contributed by atoms with Crippen molar-refractivity contribution in [2.24, 2.45) is 0 Å². The molecule has 2 aromatic rings. The van der Waals surface area contributed by atoms with E-state index in [-0.39, 0.29) is 11.8 Å². The number of carbonyl (C=O) groups is 1. The molecule has 0 spiro atoms. The Kier molecular flexibility index (Phi) is 4.29. The Bertz CT molecular complexity index is 552. The predicted molar refractivity (Wildman–Crippen MR) is 77.1 cm³/mol. The van der Waals surface area contributed by atoms with E-state index in [2.05, 4.69) is 17.2 Å². The average Bonchev–Trinajstić information content (AvgIpc) is 2.39. The van der Waals surface area contributed by atoms with Gasteiger partial charge in [0.1, 0.15) is 5.82 Å². The number of amides is 1. The van der Waals surface area contributed by atoms with Crippen molar-refractivity contribution in [2.45, 2.75) is 26.2 Å². The Morgan fingerprint density at radius 2 is 1.89 bits per heavy atom. The van der Waals surface area contributed by atoms with Crippen LogP contribution >= 0.6 is 0 Å². The van der Waals surface area contributed by atoms with Crippen LogP contribution < -0.4 is 5.32 Å². The van der Waals surface area contributed by atoms with Gasteiger partial charge in [-0.2, -0.15) is 0 Å². The van der Waals surface area contributed by atoms with E-state index < -0.39 is 0 Å². The minimum Gasteiger partial charge on any atom is -0.311 e. The third kappa shape index (κ3) is 3.91. The first-order chi connectivity index (χ1) is 9.15. The third-order valence-corrected chi connectivity index (χ3v) is 3.02. The summed E-state index contributed by atoms with van der Waals surface area (Å²) in [5, 5.41) is 2.83. The number of carbonyl (C=O) groups excluding carboxylic acids is 1. The van der Waals surface area contributed by atoms with E-state index in [1.807, 2.05) is 49.4 Å². The quantitative estimate of drug-likeness (QED) is 0.907. The molecule has 0 saturated carbocycles. The molecule has 98 valence electrons. The van der Waals surface area contributed by atoms with Crippen molar-refractivity contribution in [3.05, 3.63) is 59.8 Å². The van der Waals surface area contributed by atoms with E-state index in [1.54, 1.807) is 6.07 Å². The van der Waals surface area contributed by atoms with Crippen LogP contribution in [-0.4, -0.2) is 10.9 Å². The minimum atomic E-state index is -0.00514. The molecule has 0 aliphatic carbocycles. The Balaban J connectivity index is 1.95. The van der Waals surface area contributed by atoms with Gasteiger partial charge in [-0.1, -0.05) is 43.3 Å². The Morgan fingerprint density at radius 1 is 1.16 bits per heavy atom. The molecule has 0 unspecified atom stereocenters. The van der Waals surface area contributed by atoms with E-state index in [9.17, 15) is 4.79 Å². The highest BCUT2D eigenvalue weighted by molar-refractivity contribution is 5.90. The number of nitrogens with one attached hydrogen (secondary N) is 1. The monoisotopic (exact) mass is 254 g/mol. The predicted octanol–water partition coefficient (Wildman–Crippen LogP) is 3.52. The fraction of sp³-hybridized carbons (Fsp3) is 0.250. The zero-order chi connectivity index (χ0) is 13.7. The topological polar surface area (TPSA) is 42.0 Å². The van der Waals surface area contributed by atoms with Crippen molar-refractivity contribution in [3.8, 4) is 0 Å². The fourth-order valence-electron chi connectivity index (χ4n) is 1.98. The molecule has 1 aromatic carbocycles. The Morgan fingerprint density at radius 3 is 2.58 bits per heavy atom. The molecule has 1 aromatic heterocycles. The van der Waals surface area contributed by atoms with E-state index in [4.69, 9.17) is 0 Å². The fourth-order valence-corrected chi connectivity index (χ4v) is 1.98. The molecule has 0 aliphatic rings. The molecule has 0 aliphatic heterocycles. The van der Waals surface area contributed by atoms with Crippen molar-refractivity contribution in [1.82, 2.24) is 4.98 Å². The summed E-state index contributed by atoms with van der Waals surface area (Å²) in [4.78, 5) is 16.2. The lowest BCUT2D eigenvalue weighted by molar-refractivity contribution is -0.116. The van der Waals surface area contributed by atoms with Crippen LogP contribution in [0, 0.1) is 6.92 Å². The van der Waals surface area contributed by atoms with Crippen LogP contribution in [0.25, 0.3) is 0 Å². The van der Waals surface area contributed by atoms with Crippen LogP contribution in [0.5, 0.6) is 0 Å². The maximum absolute atomic E-state index is 12.0. The molecule has 0 saturated heterocycles. The van der Waals surface area contributed by atoms with Crippen LogP contribution in [0.15, 0.2) is 48.5 Å². The molecule has 1 amide bonds. The molecular formula is C16H18N2O. The summed E-state index contributed by atoms with van der Waals surface area (Å²) in [6, 6.07) is 15.6. The van der Waals surface area contributed by atoms with Crippen LogP contribution in [0.3, 0.4) is 0 Å². The SMILES string of the molecule is Cc1cccc(NC(=O)C[C@@H](C)c2ccccc2)n1. The van der Waals surface area contributed by atoms with Gasteiger partial charge in [-0.15, -0.1) is 0 Å². The van der Waals surface area contributed by atoms with Gasteiger partial charge in [0.05, 0.1) is 0 Å². The molecule has 0 fully saturated rings. The number of benzene rings is 1. The first-order valence-corrected chi connectivity index (χ1v) is 6.43. The van der Waals surface area contributed by atoms with E-state index >= 15 is 0 Å². The molecule has 19 heavy (non-hydrogen) atoms. The maximum Gasteiger partial charge on any atom is 0.226 e. The number of rotatable bonds is 4. The molecule has 1 heterocycles. The molecule has 2 rings (SSSR count). The first-order valence-electron chi connectivity index (χ1n) is 6.43. The lowest BCUT2D eigenvalue weighted by atomic mass is 9.98. The summed E-state index contributed by atoms with van der Waals surface area (Å²) in [5.41, 5.74) is 2.07. The summed E-state index contributed by atoms with van der Waals surface area (Å²) in [6.07, 6.45) is 0.458. The van der Waals surface area contributed by atoms with Crippen molar-refractivity contribution < 1.29 is 4.79 Å². The smallest absolute Gasteiger partial charge is 0.226 e. The van der Waals surface area contributed by atoms with Gasteiger partial charge in [-0.3, -0.25) is 4.79 Å². The molecule has 3 heteroatoms. The van der Waals surface area contributed by atoms with Gasteiger partial charge in [-0.05, 0) is 30.5 Å². The second-order valence-electron chi connectivity index (χ2n) is 4.73. The summed E-state index contributed by atoms with van der Waals surface area (Å²) in [6.45, 7) is 3.96. The lowest BCUT2D eigenvalue weighted by Crippen LogP contribution is -2.15. The standard InChI is InChI=1S/C16H18N2O/c1-12(14-8-4-3-5-9-14)11-16(19)18-15-10-6-7-13(2)17-15/h3-10,12H,11H2,1-2H3,(H,17,18,19)/t12-/m1/s1. The third-order valence-electron chi connectivity index (χ3n) is 3.02. The van der Waals surface area contributed by atoms with Crippen molar-refractivity contribution in [2.75, 3.05) is 5.32 Å². The summed E-state index contributed by atoms with van der Waals surface area (Å²) < 4.78 is 0. The normalized spacial score (nSPS) is 11.9. The van der Waals surface area contributed by atoms with Crippen LogP contribution in [0.2, 0.25) is 0 Å². The van der Waals surface area contributed by atoms with Crippen molar-refractivity contribution in [1.29, 1.82) is 0 Å². The van der Waals surface area contributed by atoms with Gasteiger partial charge in [0, 0.05) is 12.1 Å². The minimum absolute atomic E-state index is 0.00514. The highest BCUT2D eigenvalue weighted by Crippen LogP contribution is 2.19. The maximum atomic E-state index is 12.0. The second-order valence-corrected chi connectivity index (χ2v) is 4.73. The Hall–Kier alpha value is -2.16. The number of aromatic nitrogens is 1. The van der Waals surface area contributed by atoms with E-state index in [1.165, 1.54) is 5.56 Å². The molecule has 0 bridgehead atoms. The van der Waals surface area contributed by atoms with Gasteiger partial charge in [0.25, 0.3) is 0 Å². The number of aryl methyl sites for hydroxylation is 1. The van der Waals surface area contributed by atoms with Crippen molar-refractivity contribution >= 4 is 11.7 Å². The average molecular weight is 254 g/mol. The second kappa shape index (κ2) is 6.14. The number of pyridine rings is 1. The largest absolute Gasteiger partial charge is 0.311 e. The number of anilines is 1. The molecular weight excluding hydrogens is 236 g/mol. The highest BCUT2D eigenvalue weighted by Gasteiger charge is 2.11. The van der Waals surface area contributed by atoms with Gasteiger partial charge in [0.2, 0.25) is 5.91 Å². The molecule has 0 radical (unpaired) electrons.